The fourth-order valence-corrected chi connectivity index (χ4v) is 2.51. The first-order valence-corrected chi connectivity index (χ1v) is 7.23. The van der Waals surface area contributed by atoms with Crippen molar-refractivity contribution in [3.8, 4) is 11.3 Å². The molecule has 3 aromatic rings. The van der Waals surface area contributed by atoms with E-state index < -0.39 is 0 Å². The van der Waals surface area contributed by atoms with Crippen LogP contribution in [0.4, 0.5) is 0 Å². The number of benzene rings is 1. The summed E-state index contributed by atoms with van der Waals surface area (Å²) < 4.78 is 2.09. The van der Waals surface area contributed by atoms with Gasteiger partial charge in [0.25, 0.3) is 0 Å². The lowest BCUT2D eigenvalue weighted by Gasteiger charge is -2.08. The van der Waals surface area contributed by atoms with Crippen molar-refractivity contribution >= 4 is 5.65 Å². The summed E-state index contributed by atoms with van der Waals surface area (Å²) in [6.07, 6.45) is 5.32. The fourth-order valence-electron chi connectivity index (χ4n) is 2.51. The third-order valence-electron chi connectivity index (χ3n) is 4.07. The van der Waals surface area contributed by atoms with Gasteiger partial charge in [-0.1, -0.05) is 44.2 Å². The Balaban J connectivity index is 2.00. The zero-order valence-electron chi connectivity index (χ0n) is 12.3. The van der Waals surface area contributed by atoms with Crippen molar-refractivity contribution in [1.82, 2.24) is 9.38 Å². The minimum absolute atomic E-state index is 0.618. The van der Waals surface area contributed by atoms with Gasteiger partial charge in [0.1, 0.15) is 5.65 Å². The zero-order valence-corrected chi connectivity index (χ0v) is 12.3. The molecule has 0 spiro atoms. The summed E-state index contributed by atoms with van der Waals surface area (Å²) in [6.45, 7) is 6.59. The molecule has 0 radical (unpaired) electrons. The Labute approximate surface area is 120 Å². The van der Waals surface area contributed by atoms with Crippen LogP contribution < -0.4 is 0 Å². The van der Waals surface area contributed by atoms with E-state index in [9.17, 15) is 0 Å². The molecule has 0 saturated carbocycles. The number of aromatic nitrogens is 2. The molecular formula is C18H20N2. The molecule has 2 heterocycles. The molecule has 3 rings (SSSR count). The van der Waals surface area contributed by atoms with Crippen molar-refractivity contribution in [2.45, 2.75) is 33.1 Å². The maximum atomic E-state index is 4.74. The number of hydrogen-bond acceptors (Lipinski definition) is 1. The van der Waals surface area contributed by atoms with Crippen molar-refractivity contribution < 1.29 is 0 Å². The van der Waals surface area contributed by atoms with E-state index in [1.54, 1.807) is 0 Å². The highest BCUT2D eigenvalue weighted by atomic mass is 15.0. The van der Waals surface area contributed by atoms with Crippen LogP contribution >= 0.6 is 0 Å². The molecule has 2 aromatic heterocycles. The molecule has 1 unspecified atom stereocenters. The normalized spacial score (nSPS) is 12.8. The van der Waals surface area contributed by atoms with Crippen molar-refractivity contribution in [1.29, 1.82) is 0 Å². The van der Waals surface area contributed by atoms with Crippen LogP contribution in [0.2, 0.25) is 0 Å². The summed E-state index contributed by atoms with van der Waals surface area (Å²) >= 11 is 0. The quantitative estimate of drug-likeness (QED) is 0.662. The molecule has 0 aliphatic heterocycles. The smallest absolute Gasteiger partial charge is 0.140 e. The Bertz CT molecular complexity index is 723. The van der Waals surface area contributed by atoms with Gasteiger partial charge in [-0.25, -0.2) is 4.98 Å². The van der Waals surface area contributed by atoms with Gasteiger partial charge in [-0.15, -0.1) is 0 Å². The summed E-state index contributed by atoms with van der Waals surface area (Å²) in [5, 5.41) is 0. The lowest BCUT2D eigenvalue weighted by atomic mass is 9.97. The first-order chi connectivity index (χ1) is 9.69. The molecule has 2 heteroatoms. The Morgan fingerprint density at radius 3 is 2.55 bits per heavy atom. The van der Waals surface area contributed by atoms with Gasteiger partial charge in [-0.05, 0) is 36.5 Å². The van der Waals surface area contributed by atoms with Gasteiger partial charge in [-0.3, -0.25) is 0 Å². The molecule has 102 valence electrons. The van der Waals surface area contributed by atoms with E-state index >= 15 is 0 Å². The van der Waals surface area contributed by atoms with Gasteiger partial charge >= 0.3 is 0 Å². The molecule has 0 fully saturated rings. The number of hydrogen-bond donors (Lipinski definition) is 0. The highest BCUT2D eigenvalue weighted by Gasteiger charge is 2.07. The summed E-state index contributed by atoms with van der Waals surface area (Å²) in [6, 6.07) is 13.0. The van der Waals surface area contributed by atoms with E-state index in [0.717, 1.165) is 11.3 Å². The predicted molar refractivity (Wildman–Crippen MR) is 84.1 cm³/mol. The van der Waals surface area contributed by atoms with Gasteiger partial charge in [0, 0.05) is 18.0 Å². The Kier molecular flexibility index (Phi) is 3.31. The molecule has 0 aliphatic carbocycles. The van der Waals surface area contributed by atoms with Crippen LogP contribution in [0.1, 0.15) is 37.3 Å². The molecule has 0 aliphatic rings. The van der Waals surface area contributed by atoms with E-state index in [1.807, 2.05) is 6.20 Å². The van der Waals surface area contributed by atoms with Crippen molar-refractivity contribution in [2.75, 3.05) is 0 Å². The predicted octanol–water partition coefficient (Wildman–Crippen LogP) is 4.82. The first-order valence-electron chi connectivity index (χ1n) is 7.23. The SMILES string of the molecule is CCC(C)c1ccc(-c2cn3cccc(C)c3n2)cc1. The maximum Gasteiger partial charge on any atom is 0.140 e. The highest BCUT2D eigenvalue weighted by Crippen LogP contribution is 2.24. The number of imidazole rings is 1. The minimum atomic E-state index is 0.618. The molecule has 2 nitrogen and oxygen atoms in total. The Morgan fingerprint density at radius 1 is 1.15 bits per heavy atom. The van der Waals surface area contributed by atoms with Crippen molar-refractivity contribution in [2.24, 2.45) is 0 Å². The summed E-state index contributed by atoms with van der Waals surface area (Å²) in [7, 11) is 0. The first kappa shape index (κ1) is 12.9. The number of nitrogens with zero attached hydrogens (tertiary/aromatic N) is 2. The van der Waals surface area contributed by atoms with Crippen LogP contribution in [-0.2, 0) is 0 Å². The van der Waals surface area contributed by atoms with Crippen LogP contribution in [0.5, 0.6) is 0 Å². The second kappa shape index (κ2) is 5.12. The van der Waals surface area contributed by atoms with E-state index in [2.05, 4.69) is 67.8 Å². The fraction of sp³-hybridized carbons (Fsp3) is 0.278. The van der Waals surface area contributed by atoms with Crippen LogP contribution in [0.25, 0.3) is 16.9 Å². The Morgan fingerprint density at radius 2 is 1.90 bits per heavy atom. The standard InChI is InChI=1S/C18H20N2/c1-4-13(2)15-7-9-16(10-8-15)17-12-20-11-5-6-14(3)18(20)19-17/h5-13H,4H2,1-3H3. The Hall–Kier alpha value is -2.09. The lowest BCUT2D eigenvalue weighted by Crippen LogP contribution is -1.90. The van der Waals surface area contributed by atoms with Gasteiger partial charge in [0.05, 0.1) is 5.69 Å². The monoisotopic (exact) mass is 264 g/mol. The highest BCUT2D eigenvalue weighted by molar-refractivity contribution is 5.64. The van der Waals surface area contributed by atoms with Gasteiger partial charge in [0.15, 0.2) is 0 Å². The summed E-state index contributed by atoms with van der Waals surface area (Å²) in [4.78, 5) is 4.74. The van der Waals surface area contributed by atoms with E-state index in [-0.39, 0.29) is 0 Å². The van der Waals surface area contributed by atoms with Crippen LogP contribution in [0, 0.1) is 6.92 Å². The van der Waals surface area contributed by atoms with E-state index in [1.165, 1.54) is 23.1 Å². The molecule has 20 heavy (non-hydrogen) atoms. The summed E-state index contributed by atoms with van der Waals surface area (Å²) in [5.41, 5.74) is 5.86. The second-order valence-electron chi connectivity index (χ2n) is 5.48. The van der Waals surface area contributed by atoms with E-state index in [4.69, 9.17) is 4.98 Å². The molecule has 0 amide bonds. The van der Waals surface area contributed by atoms with E-state index in [0.29, 0.717) is 5.92 Å². The van der Waals surface area contributed by atoms with Crippen molar-refractivity contribution in [3.05, 3.63) is 59.9 Å². The van der Waals surface area contributed by atoms with Gasteiger partial charge in [0.2, 0.25) is 0 Å². The molecule has 0 bridgehead atoms. The number of pyridine rings is 1. The molecule has 1 atom stereocenters. The molecular weight excluding hydrogens is 244 g/mol. The van der Waals surface area contributed by atoms with Gasteiger partial charge < -0.3 is 4.40 Å². The minimum Gasteiger partial charge on any atom is -0.306 e. The van der Waals surface area contributed by atoms with Crippen LogP contribution in [0.3, 0.4) is 0 Å². The van der Waals surface area contributed by atoms with Gasteiger partial charge in [-0.2, -0.15) is 0 Å². The maximum absolute atomic E-state index is 4.74. The number of fused-ring (bicyclic) bond motifs is 1. The third-order valence-corrected chi connectivity index (χ3v) is 4.07. The average molecular weight is 264 g/mol. The largest absolute Gasteiger partial charge is 0.306 e. The average Bonchev–Trinajstić information content (AvgIpc) is 2.92. The second-order valence-corrected chi connectivity index (χ2v) is 5.48. The zero-order chi connectivity index (χ0) is 14.1. The molecule has 0 N–H and O–H groups in total. The molecule has 0 saturated heterocycles. The third kappa shape index (κ3) is 2.22. The topological polar surface area (TPSA) is 17.3 Å². The lowest BCUT2D eigenvalue weighted by molar-refractivity contribution is 0.734. The van der Waals surface area contributed by atoms with Crippen LogP contribution in [-0.4, -0.2) is 9.38 Å². The molecule has 1 aromatic carbocycles. The summed E-state index contributed by atoms with van der Waals surface area (Å²) in [5.74, 6) is 0.618. The number of aryl methyl sites for hydroxylation is 1. The number of rotatable bonds is 3. The van der Waals surface area contributed by atoms with Crippen LogP contribution in [0.15, 0.2) is 48.8 Å². The van der Waals surface area contributed by atoms with Crippen molar-refractivity contribution in [3.63, 3.8) is 0 Å².